The maximum atomic E-state index is 5.72. The Hall–Kier alpha value is -0.830. The van der Waals surface area contributed by atoms with Crippen molar-refractivity contribution >= 4 is 0 Å². The summed E-state index contributed by atoms with van der Waals surface area (Å²) in [5, 5.41) is 4.56. The first kappa shape index (κ1) is 11.2. The molecular formula is C11H21N3. The summed E-state index contributed by atoms with van der Waals surface area (Å²) < 4.78 is 2.09. The first-order valence-electron chi connectivity index (χ1n) is 5.40. The third-order valence-electron chi connectivity index (χ3n) is 2.92. The van der Waals surface area contributed by atoms with E-state index < -0.39 is 0 Å². The van der Waals surface area contributed by atoms with Crippen LogP contribution in [0.25, 0.3) is 0 Å². The first-order chi connectivity index (χ1) is 6.65. The molecule has 1 aromatic rings. The van der Waals surface area contributed by atoms with Crippen LogP contribution in [-0.4, -0.2) is 16.3 Å². The molecule has 0 saturated carbocycles. The van der Waals surface area contributed by atoms with Crippen LogP contribution < -0.4 is 5.73 Å². The van der Waals surface area contributed by atoms with Gasteiger partial charge in [0.2, 0.25) is 0 Å². The van der Waals surface area contributed by atoms with E-state index in [1.807, 2.05) is 0 Å². The van der Waals surface area contributed by atoms with Gasteiger partial charge in [0.1, 0.15) is 0 Å². The zero-order valence-electron chi connectivity index (χ0n) is 9.67. The Morgan fingerprint density at radius 2 is 2.00 bits per heavy atom. The van der Waals surface area contributed by atoms with E-state index >= 15 is 0 Å². The summed E-state index contributed by atoms with van der Waals surface area (Å²) >= 11 is 0. The van der Waals surface area contributed by atoms with Crippen LogP contribution in [-0.2, 0) is 6.42 Å². The zero-order valence-corrected chi connectivity index (χ0v) is 9.67. The van der Waals surface area contributed by atoms with Crippen molar-refractivity contribution in [3.63, 3.8) is 0 Å². The molecule has 0 aliphatic rings. The fourth-order valence-corrected chi connectivity index (χ4v) is 2.00. The van der Waals surface area contributed by atoms with Crippen LogP contribution in [0.1, 0.15) is 43.3 Å². The van der Waals surface area contributed by atoms with Crippen molar-refractivity contribution < 1.29 is 0 Å². The van der Waals surface area contributed by atoms with E-state index in [0.717, 1.165) is 18.5 Å². The molecule has 1 aromatic heterocycles. The minimum Gasteiger partial charge on any atom is -0.328 e. The third kappa shape index (κ3) is 1.82. The van der Waals surface area contributed by atoms with Crippen molar-refractivity contribution in [1.82, 2.24) is 9.78 Å². The Balaban J connectivity index is 3.09. The Morgan fingerprint density at radius 3 is 2.36 bits per heavy atom. The first-order valence-corrected chi connectivity index (χ1v) is 5.40. The summed E-state index contributed by atoms with van der Waals surface area (Å²) in [5.74, 6) is 0. The van der Waals surface area contributed by atoms with Crippen molar-refractivity contribution in [3.8, 4) is 0 Å². The van der Waals surface area contributed by atoms with E-state index in [1.54, 1.807) is 0 Å². The molecule has 0 saturated heterocycles. The summed E-state index contributed by atoms with van der Waals surface area (Å²) in [6, 6.07) is 0.356. The Morgan fingerprint density at radius 1 is 1.36 bits per heavy atom. The minimum atomic E-state index is 0.356. The molecule has 0 bridgehead atoms. The number of rotatable bonds is 4. The molecule has 80 valence electrons. The summed E-state index contributed by atoms with van der Waals surface area (Å²) in [5.41, 5.74) is 9.53. The van der Waals surface area contributed by atoms with Crippen LogP contribution in [0.5, 0.6) is 0 Å². The quantitative estimate of drug-likeness (QED) is 0.798. The molecule has 1 rings (SSSR count). The van der Waals surface area contributed by atoms with Gasteiger partial charge in [0.25, 0.3) is 0 Å². The molecule has 0 fully saturated rings. The van der Waals surface area contributed by atoms with Crippen molar-refractivity contribution in [1.29, 1.82) is 0 Å². The topological polar surface area (TPSA) is 43.8 Å². The molecule has 2 N–H and O–H groups in total. The average Bonchev–Trinajstić information content (AvgIpc) is 2.45. The summed E-state index contributed by atoms with van der Waals surface area (Å²) in [7, 11) is 0. The maximum Gasteiger partial charge on any atom is 0.0642 e. The van der Waals surface area contributed by atoms with Gasteiger partial charge in [-0.05, 0) is 32.3 Å². The number of hydrogen-bond donors (Lipinski definition) is 1. The number of nitrogens with two attached hydrogens (primary N) is 1. The van der Waals surface area contributed by atoms with Gasteiger partial charge in [-0.2, -0.15) is 5.10 Å². The van der Waals surface area contributed by atoms with Gasteiger partial charge < -0.3 is 5.73 Å². The van der Waals surface area contributed by atoms with Crippen LogP contribution in [0.3, 0.4) is 0 Å². The van der Waals surface area contributed by atoms with Crippen LogP contribution >= 0.6 is 0 Å². The van der Waals surface area contributed by atoms with Gasteiger partial charge in [0, 0.05) is 12.2 Å². The highest BCUT2D eigenvalue weighted by Crippen LogP contribution is 2.19. The van der Waals surface area contributed by atoms with Gasteiger partial charge in [-0.1, -0.05) is 13.8 Å². The number of hydrogen-bond acceptors (Lipinski definition) is 2. The predicted molar refractivity (Wildman–Crippen MR) is 59.5 cm³/mol. The fraction of sp³-hybridized carbons (Fsp3) is 0.727. The summed E-state index contributed by atoms with van der Waals surface area (Å²) in [6.07, 6.45) is 2.10. The molecule has 14 heavy (non-hydrogen) atoms. The molecule has 1 atom stereocenters. The lowest BCUT2D eigenvalue weighted by molar-refractivity contribution is 0.438. The lowest BCUT2D eigenvalue weighted by Gasteiger charge is -2.15. The van der Waals surface area contributed by atoms with Gasteiger partial charge in [-0.3, -0.25) is 4.68 Å². The number of aromatic nitrogens is 2. The Kier molecular flexibility index (Phi) is 3.69. The monoisotopic (exact) mass is 195 g/mol. The molecule has 1 unspecified atom stereocenters. The van der Waals surface area contributed by atoms with E-state index in [9.17, 15) is 0 Å². The number of nitrogens with zero attached hydrogens (tertiary/aromatic N) is 2. The lowest BCUT2D eigenvalue weighted by atomic mass is 10.1. The van der Waals surface area contributed by atoms with Crippen molar-refractivity contribution in [3.05, 3.63) is 17.0 Å². The van der Waals surface area contributed by atoms with Crippen molar-refractivity contribution in [2.75, 3.05) is 6.54 Å². The van der Waals surface area contributed by atoms with E-state index in [0.29, 0.717) is 12.6 Å². The van der Waals surface area contributed by atoms with Crippen LogP contribution in [0, 0.1) is 13.8 Å². The van der Waals surface area contributed by atoms with Crippen LogP contribution in [0.4, 0.5) is 0 Å². The van der Waals surface area contributed by atoms with Crippen molar-refractivity contribution in [2.24, 2.45) is 5.73 Å². The third-order valence-corrected chi connectivity index (χ3v) is 2.92. The largest absolute Gasteiger partial charge is 0.328 e. The highest BCUT2D eigenvalue weighted by molar-refractivity contribution is 5.24. The summed E-state index contributed by atoms with van der Waals surface area (Å²) in [6.45, 7) is 9.20. The van der Waals surface area contributed by atoms with E-state index in [-0.39, 0.29) is 0 Å². The van der Waals surface area contributed by atoms with E-state index in [4.69, 9.17) is 5.73 Å². The minimum absolute atomic E-state index is 0.356. The van der Waals surface area contributed by atoms with Gasteiger partial charge in [0.15, 0.2) is 0 Å². The maximum absolute atomic E-state index is 5.72. The highest BCUT2D eigenvalue weighted by atomic mass is 15.3. The molecule has 0 spiro atoms. The normalized spacial score (nSPS) is 13.2. The van der Waals surface area contributed by atoms with Crippen LogP contribution in [0.2, 0.25) is 0 Å². The van der Waals surface area contributed by atoms with E-state index in [2.05, 4.69) is 37.5 Å². The molecule has 3 nitrogen and oxygen atoms in total. The smallest absolute Gasteiger partial charge is 0.0642 e. The molecule has 0 amide bonds. The SMILES string of the molecule is CCc1c(C)nn(C(CC)CN)c1C. The molecule has 0 aromatic carbocycles. The molecule has 0 aliphatic carbocycles. The zero-order chi connectivity index (χ0) is 10.7. The standard InChI is InChI=1S/C11H21N3/c1-5-10(7-12)14-9(4)11(6-2)8(3)13-14/h10H,5-7,12H2,1-4H3. The number of aryl methyl sites for hydroxylation is 1. The van der Waals surface area contributed by atoms with Gasteiger partial charge in [0.05, 0.1) is 11.7 Å². The van der Waals surface area contributed by atoms with Gasteiger partial charge in [-0.15, -0.1) is 0 Å². The van der Waals surface area contributed by atoms with Crippen molar-refractivity contribution in [2.45, 2.75) is 46.6 Å². The highest BCUT2D eigenvalue weighted by Gasteiger charge is 2.14. The summed E-state index contributed by atoms with van der Waals surface area (Å²) in [4.78, 5) is 0. The van der Waals surface area contributed by atoms with E-state index in [1.165, 1.54) is 11.3 Å². The molecule has 0 aliphatic heterocycles. The van der Waals surface area contributed by atoms with Crippen LogP contribution in [0.15, 0.2) is 0 Å². The van der Waals surface area contributed by atoms with Gasteiger partial charge in [-0.25, -0.2) is 0 Å². The predicted octanol–water partition coefficient (Wildman–Crippen LogP) is 1.97. The molecule has 0 radical (unpaired) electrons. The average molecular weight is 195 g/mol. The molecule has 3 heteroatoms. The molecular weight excluding hydrogens is 174 g/mol. The second-order valence-electron chi connectivity index (χ2n) is 3.75. The lowest BCUT2D eigenvalue weighted by Crippen LogP contribution is -2.20. The second-order valence-corrected chi connectivity index (χ2v) is 3.75. The fourth-order valence-electron chi connectivity index (χ4n) is 2.00. The Bertz CT molecular complexity index is 298. The molecule has 1 heterocycles. The second kappa shape index (κ2) is 4.60. The Labute approximate surface area is 86.3 Å². The van der Waals surface area contributed by atoms with Gasteiger partial charge >= 0.3 is 0 Å².